The molecule has 3 heterocycles. The molecule has 0 unspecified atom stereocenters. The zero-order valence-corrected chi connectivity index (χ0v) is 18.6. The Balaban J connectivity index is 1.63. The summed E-state index contributed by atoms with van der Waals surface area (Å²) in [7, 11) is 0. The van der Waals surface area contributed by atoms with Crippen LogP contribution in [0.2, 0.25) is 0 Å². The number of amides is 2. The van der Waals surface area contributed by atoms with Crippen molar-refractivity contribution in [3.05, 3.63) is 41.1 Å². The molecule has 2 N–H and O–H groups in total. The number of urea groups is 1. The minimum atomic E-state index is -0.668. The van der Waals surface area contributed by atoms with Gasteiger partial charge >= 0.3 is 12.0 Å². The summed E-state index contributed by atoms with van der Waals surface area (Å²) >= 11 is 0. The van der Waals surface area contributed by atoms with Gasteiger partial charge in [0.1, 0.15) is 5.75 Å². The minimum Gasteiger partial charge on any atom is -0.494 e. The fourth-order valence-corrected chi connectivity index (χ4v) is 4.49. The van der Waals surface area contributed by atoms with Crippen LogP contribution in [-0.4, -0.2) is 68.7 Å². The van der Waals surface area contributed by atoms with E-state index in [2.05, 4.69) is 15.5 Å². The van der Waals surface area contributed by atoms with E-state index in [0.29, 0.717) is 43.4 Å². The Labute approximate surface area is 188 Å². The van der Waals surface area contributed by atoms with E-state index in [1.807, 2.05) is 31.2 Å². The van der Waals surface area contributed by atoms with E-state index in [4.69, 9.17) is 18.9 Å². The molecule has 174 valence electrons. The number of ether oxygens (including phenoxy) is 4. The van der Waals surface area contributed by atoms with Crippen LogP contribution >= 0.6 is 0 Å². The average Bonchev–Trinajstić information content (AvgIpc) is 3.24. The summed E-state index contributed by atoms with van der Waals surface area (Å²) in [5.74, 6) is -0.313. The van der Waals surface area contributed by atoms with Crippen LogP contribution in [0, 0.1) is 0 Å². The SMILES string of the molecule is CCOC(=O)C1=C(CN2CCC3(CC2)OCCO3)NC(=O)N[C@H]1c1ccccc1OCC. The van der Waals surface area contributed by atoms with Gasteiger partial charge in [0.2, 0.25) is 0 Å². The topological polar surface area (TPSA) is 98.4 Å². The molecule has 2 saturated heterocycles. The van der Waals surface area contributed by atoms with Crippen LogP contribution in [0.3, 0.4) is 0 Å². The van der Waals surface area contributed by atoms with Crippen molar-refractivity contribution < 1.29 is 28.5 Å². The first-order valence-electron chi connectivity index (χ1n) is 11.2. The van der Waals surface area contributed by atoms with Gasteiger partial charge in [-0.15, -0.1) is 0 Å². The number of esters is 1. The summed E-state index contributed by atoms with van der Waals surface area (Å²) in [6.07, 6.45) is 1.50. The molecular formula is C23H31N3O6. The van der Waals surface area contributed by atoms with Crippen molar-refractivity contribution in [3.63, 3.8) is 0 Å². The number of para-hydroxylation sites is 1. The van der Waals surface area contributed by atoms with Crippen molar-refractivity contribution in [1.29, 1.82) is 0 Å². The van der Waals surface area contributed by atoms with Crippen LogP contribution in [0.1, 0.15) is 38.3 Å². The lowest BCUT2D eigenvalue weighted by atomic mass is 9.93. The molecule has 0 aromatic heterocycles. The molecule has 0 aliphatic carbocycles. The second-order valence-corrected chi connectivity index (χ2v) is 8.00. The number of piperidine rings is 1. The number of rotatable bonds is 7. The van der Waals surface area contributed by atoms with Gasteiger partial charge in [0.25, 0.3) is 0 Å². The molecule has 0 saturated carbocycles. The largest absolute Gasteiger partial charge is 0.494 e. The Hall–Kier alpha value is -2.62. The Morgan fingerprint density at radius 1 is 1.16 bits per heavy atom. The van der Waals surface area contributed by atoms with Crippen LogP contribution in [0.25, 0.3) is 0 Å². The predicted octanol–water partition coefficient (Wildman–Crippen LogP) is 2.10. The molecule has 3 aliphatic heterocycles. The maximum absolute atomic E-state index is 13.0. The average molecular weight is 446 g/mol. The fourth-order valence-electron chi connectivity index (χ4n) is 4.49. The number of hydrogen-bond acceptors (Lipinski definition) is 7. The van der Waals surface area contributed by atoms with Crippen LogP contribution in [0.5, 0.6) is 5.75 Å². The molecule has 0 radical (unpaired) electrons. The molecule has 4 rings (SSSR count). The first kappa shape index (κ1) is 22.6. The van der Waals surface area contributed by atoms with E-state index in [1.54, 1.807) is 6.92 Å². The first-order valence-corrected chi connectivity index (χ1v) is 11.2. The molecule has 1 aromatic carbocycles. The highest BCUT2D eigenvalue weighted by molar-refractivity contribution is 5.95. The molecule has 3 aliphatic rings. The molecule has 2 amide bonds. The van der Waals surface area contributed by atoms with Crippen molar-refractivity contribution in [2.75, 3.05) is 46.1 Å². The summed E-state index contributed by atoms with van der Waals surface area (Å²) in [5.41, 5.74) is 1.66. The van der Waals surface area contributed by atoms with Gasteiger partial charge in [-0.25, -0.2) is 9.59 Å². The molecule has 32 heavy (non-hydrogen) atoms. The van der Waals surface area contributed by atoms with Crippen molar-refractivity contribution in [2.24, 2.45) is 0 Å². The second kappa shape index (κ2) is 9.89. The van der Waals surface area contributed by atoms with E-state index in [9.17, 15) is 9.59 Å². The van der Waals surface area contributed by atoms with Crippen molar-refractivity contribution in [2.45, 2.75) is 38.5 Å². The quantitative estimate of drug-likeness (QED) is 0.620. The fraction of sp³-hybridized carbons (Fsp3) is 0.565. The lowest BCUT2D eigenvalue weighted by Crippen LogP contribution is -2.51. The summed E-state index contributed by atoms with van der Waals surface area (Å²) < 4.78 is 22.8. The maximum Gasteiger partial charge on any atom is 0.338 e. The van der Waals surface area contributed by atoms with Gasteiger partial charge in [-0.2, -0.15) is 0 Å². The highest BCUT2D eigenvalue weighted by Gasteiger charge is 2.41. The molecule has 2 fully saturated rings. The van der Waals surface area contributed by atoms with Gasteiger partial charge in [-0.1, -0.05) is 18.2 Å². The number of benzene rings is 1. The van der Waals surface area contributed by atoms with Gasteiger partial charge in [0, 0.05) is 43.7 Å². The summed E-state index contributed by atoms with van der Waals surface area (Å²) in [6, 6.07) is 6.39. The van der Waals surface area contributed by atoms with Gasteiger partial charge in [-0.05, 0) is 19.9 Å². The van der Waals surface area contributed by atoms with E-state index in [0.717, 1.165) is 31.5 Å². The Kier molecular flexibility index (Phi) is 6.98. The third-order valence-corrected chi connectivity index (χ3v) is 5.99. The smallest absolute Gasteiger partial charge is 0.338 e. The van der Waals surface area contributed by atoms with Gasteiger partial charge in [0.15, 0.2) is 5.79 Å². The number of carbonyl (C=O) groups is 2. The lowest BCUT2D eigenvalue weighted by Gasteiger charge is -2.39. The molecule has 9 heteroatoms. The standard InChI is InChI=1S/C23H31N3O6/c1-3-29-18-8-6-5-7-16(18)20-19(21(27)30-4-2)17(24-22(28)25-20)15-26-11-9-23(10-12-26)31-13-14-32-23/h5-8,20H,3-4,9-15H2,1-2H3,(H2,24,25,28)/t20-/m0/s1. The maximum atomic E-state index is 13.0. The third-order valence-electron chi connectivity index (χ3n) is 5.99. The van der Waals surface area contributed by atoms with E-state index in [-0.39, 0.29) is 12.6 Å². The van der Waals surface area contributed by atoms with Gasteiger partial charge in [0.05, 0.1) is 38.0 Å². The minimum absolute atomic E-state index is 0.240. The zero-order valence-electron chi connectivity index (χ0n) is 18.6. The Morgan fingerprint density at radius 2 is 1.88 bits per heavy atom. The molecule has 1 spiro atoms. The highest BCUT2D eigenvalue weighted by atomic mass is 16.7. The Bertz CT molecular complexity index is 870. The van der Waals surface area contributed by atoms with E-state index >= 15 is 0 Å². The van der Waals surface area contributed by atoms with Crippen LogP contribution in [0.4, 0.5) is 4.79 Å². The molecule has 1 aromatic rings. The van der Waals surface area contributed by atoms with Crippen LogP contribution in [-0.2, 0) is 19.0 Å². The zero-order chi connectivity index (χ0) is 22.6. The second-order valence-electron chi connectivity index (χ2n) is 8.00. The summed E-state index contributed by atoms with van der Waals surface area (Å²) in [4.78, 5) is 27.8. The van der Waals surface area contributed by atoms with E-state index < -0.39 is 17.8 Å². The summed E-state index contributed by atoms with van der Waals surface area (Å²) in [5, 5.41) is 5.73. The first-order chi connectivity index (χ1) is 15.5. The van der Waals surface area contributed by atoms with Crippen LogP contribution in [0.15, 0.2) is 35.5 Å². The van der Waals surface area contributed by atoms with E-state index in [1.165, 1.54) is 0 Å². The lowest BCUT2D eigenvalue weighted by molar-refractivity contribution is -0.184. The van der Waals surface area contributed by atoms with Gasteiger partial charge in [-0.3, -0.25) is 4.90 Å². The molecular weight excluding hydrogens is 414 g/mol. The number of carbonyl (C=O) groups excluding carboxylic acids is 2. The van der Waals surface area contributed by atoms with Gasteiger partial charge < -0.3 is 29.6 Å². The number of nitrogens with zero attached hydrogens (tertiary/aromatic N) is 1. The number of nitrogens with one attached hydrogen (secondary N) is 2. The highest BCUT2D eigenvalue weighted by Crippen LogP contribution is 2.35. The van der Waals surface area contributed by atoms with Crippen LogP contribution < -0.4 is 15.4 Å². The van der Waals surface area contributed by atoms with Crippen molar-refractivity contribution >= 4 is 12.0 Å². The molecule has 1 atom stereocenters. The molecule has 9 nitrogen and oxygen atoms in total. The number of likely N-dealkylation sites (tertiary alicyclic amines) is 1. The Morgan fingerprint density at radius 3 is 2.56 bits per heavy atom. The monoisotopic (exact) mass is 445 g/mol. The van der Waals surface area contributed by atoms with Crippen molar-refractivity contribution in [3.8, 4) is 5.75 Å². The normalized spacial score (nSPS) is 23.1. The predicted molar refractivity (Wildman–Crippen MR) is 116 cm³/mol. The van der Waals surface area contributed by atoms with Crippen molar-refractivity contribution in [1.82, 2.24) is 15.5 Å². The third kappa shape index (κ3) is 4.74. The summed E-state index contributed by atoms with van der Waals surface area (Å²) in [6.45, 7) is 7.53. The number of hydrogen-bond donors (Lipinski definition) is 2. The molecule has 0 bridgehead atoms.